The zero-order valence-corrected chi connectivity index (χ0v) is 18.3. The van der Waals surface area contributed by atoms with Gasteiger partial charge in [-0.3, -0.25) is 4.79 Å². The number of piperazine rings is 1. The van der Waals surface area contributed by atoms with Crippen LogP contribution in [0.5, 0.6) is 11.6 Å². The lowest BCUT2D eigenvalue weighted by atomic mass is 10.1. The van der Waals surface area contributed by atoms with Crippen LogP contribution in [0.1, 0.15) is 35.3 Å². The van der Waals surface area contributed by atoms with Crippen molar-refractivity contribution in [2.75, 3.05) is 24.5 Å². The number of aromatic nitrogens is 2. The minimum Gasteiger partial charge on any atom is -0.439 e. The number of para-hydroxylation sites is 1. The van der Waals surface area contributed by atoms with Crippen molar-refractivity contribution >= 4 is 11.7 Å². The number of hydrogen-bond acceptors (Lipinski definition) is 5. The minimum absolute atomic E-state index is 0.0720. The Labute approximate surface area is 183 Å². The van der Waals surface area contributed by atoms with Crippen LogP contribution in [0.25, 0.3) is 0 Å². The summed E-state index contributed by atoms with van der Waals surface area (Å²) >= 11 is 0. The average molecular weight is 417 g/mol. The molecule has 1 amide bonds. The molecule has 3 aromatic rings. The number of benzene rings is 2. The number of rotatable bonds is 5. The summed E-state index contributed by atoms with van der Waals surface area (Å²) < 4.78 is 5.96. The van der Waals surface area contributed by atoms with Crippen LogP contribution in [0.4, 0.5) is 5.82 Å². The van der Waals surface area contributed by atoms with Crippen LogP contribution in [-0.4, -0.2) is 46.5 Å². The highest BCUT2D eigenvalue weighted by molar-refractivity contribution is 5.94. The molecule has 1 fully saturated rings. The zero-order chi connectivity index (χ0) is 21.8. The first-order chi connectivity index (χ1) is 15.0. The molecule has 1 aliphatic rings. The topological polar surface area (TPSA) is 58.6 Å². The van der Waals surface area contributed by atoms with Crippen molar-refractivity contribution in [2.45, 2.75) is 33.2 Å². The predicted octanol–water partition coefficient (Wildman–Crippen LogP) is 4.49. The molecule has 1 atom stereocenters. The van der Waals surface area contributed by atoms with Crippen molar-refractivity contribution in [2.24, 2.45) is 0 Å². The lowest BCUT2D eigenvalue weighted by Gasteiger charge is -2.40. The predicted molar refractivity (Wildman–Crippen MR) is 122 cm³/mol. The van der Waals surface area contributed by atoms with Gasteiger partial charge in [-0.05, 0) is 49.6 Å². The molecule has 31 heavy (non-hydrogen) atoms. The lowest BCUT2D eigenvalue weighted by molar-refractivity contribution is 0.0673. The second kappa shape index (κ2) is 9.16. The van der Waals surface area contributed by atoms with E-state index in [2.05, 4.69) is 28.7 Å². The van der Waals surface area contributed by atoms with Gasteiger partial charge in [0.15, 0.2) is 0 Å². The van der Waals surface area contributed by atoms with E-state index in [0.29, 0.717) is 25.5 Å². The molecule has 0 N–H and O–H groups in total. The van der Waals surface area contributed by atoms with E-state index in [1.165, 1.54) is 11.9 Å². The summed E-state index contributed by atoms with van der Waals surface area (Å²) in [5.41, 5.74) is 3.03. The van der Waals surface area contributed by atoms with Crippen LogP contribution in [0, 0.1) is 6.92 Å². The van der Waals surface area contributed by atoms with Gasteiger partial charge in [0.1, 0.15) is 17.9 Å². The standard InChI is InChI=1S/C25H28N4O2/c1-4-20-9-11-21(12-10-20)25(30)29-14-13-28(16-19(29)3)23-15-24(27-17-26-23)31-22-8-6-5-7-18(22)2/h5-12,15,17,19H,4,13-14,16H2,1-3H3. The van der Waals surface area contributed by atoms with Gasteiger partial charge >= 0.3 is 0 Å². The number of ether oxygens (including phenoxy) is 1. The minimum atomic E-state index is 0.0720. The van der Waals surface area contributed by atoms with Crippen LogP contribution >= 0.6 is 0 Å². The van der Waals surface area contributed by atoms with E-state index >= 15 is 0 Å². The van der Waals surface area contributed by atoms with Crippen LogP contribution in [-0.2, 0) is 6.42 Å². The molecule has 4 rings (SSSR count). The monoisotopic (exact) mass is 416 g/mol. The summed E-state index contributed by atoms with van der Waals surface area (Å²) in [6, 6.07) is 17.7. The van der Waals surface area contributed by atoms with E-state index in [0.717, 1.165) is 29.1 Å². The van der Waals surface area contributed by atoms with E-state index in [1.54, 1.807) is 0 Å². The first-order valence-corrected chi connectivity index (χ1v) is 10.8. The Balaban J connectivity index is 1.43. The number of nitrogens with zero attached hydrogens (tertiary/aromatic N) is 4. The number of amides is 1. The van der Waals surface area contributed by atoms with Crippen LogP contribution in [0.15, 0.2) is 60.9 Å². The smallest absolute Gasteiger partial charge is 0.254 e. The molecular formula is C25H28N4O2. The Morgan fingerprint density at radius 1 is 1.10 bits per heavy atom. The molecule has 1 aromatic heterocycles. The fourth-order valence-electron chi connectivity index (χ4n) is 3.86. The summed E-state index contributed by atoms with van der Waals surface area (Å²) in [4.78, 5) is 25.8. The van der Waals surface area contributed by atoms with Gasteiger partial charge in [0.2, 0.25) is 5.88 Å². The van der Waals surface area contributed by atoms with Crippen LogP contribution in [0.2, 0.25) is 0 Å². The Morgan fingerprint density at radius 3 is 2.58 bits per heavy atom. The molecule has 2 heterocycles. The van der Waals surface area contributed by atoms with Crippen LogP contribution < -0.4 is 9.64 Å². The quantitative estimate of drug-likeness (QED) is 0.613. The van der Waals surface area contributed by atoms with E-state index in [4.69, 9.17) is 4.74 Å². The maximum absolute atomic E-state index is 13.0. The zero-order valence-electron chi connectivity index (χ0n) is 18.3. The van der Waals surface area contributed by atoms with Crippen molar-refractivity contribution in [3.63, 3.8) is 0 Å². The van der Waals surface area contributed by atoms with Crippen molar-refractivity contribution in [1.29, 1.82) is 0 Å². The highest BCUT2D eigenvalue weighted by atomic mass is 16.5. The van der Waals surface area contributed by atoms with Gasteiger partial charge in [-0.25, -0.2) is 9.97 Å². The highest BCUT2D eigenvalue weighted by Gasteiger charge is 2.29. The molecular weight excluding hydrogens is 388 g/mol. The molecule has 1 saturated heterocycles. The third-order valence-electron chi connectivity index (χ3n) is 5.76. The molecule has 2 aromatic carbocycles. The molecule has 0 spiro atoms. The third-order valence-corrected chi connectivity index (χ3v) is 5.76. The van der Waals surface area contributed by atoms with Gasteiger partial charge in [-0.1, -0.05) is 37.3 Å². The Morgan fingerprint density at radius 2 is 1.87 bits per heavy atom. The van der Waals surface area contributed by atoms with E-state index < -0.39 is 0 Å². The average Bonchev–Trinajstić information content (AvgIpc) is 2.80. The second-order valence-corrected chi connectivity index (χ2v) is 7.93. The molecule has 160 valence electrons. The van der Waals surface area contributed by atoms with Crippen molar-refractivity contribution in [3.8, 4) is 11.6 Å². The number of carbonyl (C=O) groups is 1. The normalized spacial score (nSPS) is 16.3. The van der Waals surface area contributed by atoms with Crippen molar-refractivity contribution in [1.82, 2.24) is 14.9 Å². The summed E-state index contributed by atoms with van der Waals surface area (Å²) in [6.45, 7) is 8.27. The maximum atomic E-state index is 13.0. The largest absolute Gasteiger partial charge is 0.439 e. The number of anilines is 1. The van der Waals surface area contributed by atoms with Crippen molar-refractivity contribution < 1.29 is 9.53 Å². The van der Waals surface area contributed by atoms with E-state index in [9.17, 15) is 4.79 Å². The molecule has 0 radical (unpaired) electrons. The maximum Gasteiger partial charge on any atom is 0.254 e. The highest BCUT2D eigenvalue weighted by Crippen LogP contribution is 2.26. The second-order valence-electron chi connectivity index (χ2n) is 7.93. The van der Waals surface area contributed by atoms with E-state index in [-0.39, 0.29) is 11.9 Å². The summed E-state index contributed by atoms with van der Waals surface area (Å²) in [5.74, 6) is 2.19. The van der Waals surface area contributed by atoms with E-state index in [1.807, 2.05) is 66.4 Å². The fourth-order valence-corrected chi connectivity index (χ4v) is 3.86. The number of carbonyl (C=O) groups excluding carboxylic acids is 1. The third kappa shape index (κ3) is 4.68. The molecule has 6 heteroatoms. The summed E-state index contributed by atoms with van der Waals surface area (Å²) in [6.07, 6.45) is 2.50. The van der Waals surface area contributed by atoms with Crippen molar-refractivity contribution in [3.05, 3.63) is 77.6 Å². The first kappa shape index (κ1) is 20.8. The summed E-state index contributed by atoms with van der Waals surface area (Å²) in [5, 5.41) is 0. The molecule has 1 aliphatic heterocycles. The molecule has 1 unspecified atom stereocenters. The Kier molecular flexibility index (Phi) is 6.16. The SMILES string of the molecule is CCc1ccc(C(=O)N2CCN(c3cc(Oc4ccccc4C)ncn3)CC2C)cc1. The molecule has 0 saturated carbocycles. The fraction of sp³-hybridized carbons (Fsp3) is 0.320. The van der Waals surface area contributed by atoms with Gasteiger partial charge < -0.3 is 14.5 Å². The number of hydrogen-bond donors (Lipinski definition) is 0. The number of aryl methyl sites for hydroxylation is 2. The summed E-state index contributed by atoms with van der Waals surface area (Å²) in [7, 11) is 0. The molecule has 0 aliphatic carbocycles. The van der Waals surface area contributed by atoms with Gasteiger partial charge in [0, 0.05) is 37.3 Å². The lowest BCUT2D eigenvalue weighted by Crippen LogP contribution is -2.54. The van der Waals surface area contributed by atoms with Gasteiger partial charge in [-0.2, -0.15) is 0 Å². The van der Waals surface area contributed by atoms with Gasteiger partial charge in [0.05, 0.1) is 0 Å². The van der Waals surface area contributed by atoms with Gasteiger partial charge in [0.25, 0.3) is 5.91 Å². The Bertz CT molecular complexity index is 1050. The molecule has 0 bridgehead atoms. The van der Waals surface area contributed by atoms with Gasteiger partial charge in [-0.15, -0.1) is 0 Å². The molecule has 6 nitrogen and oxygen atoms in total. The first-order valence-electron chi connectivity index (χ1n) is 10.8. The Hall–Kier alpha value is -3.41. The van der Waals surface area contributed by atoms with Crippen LogP contribution in [0.3, 0.4) is 0 Å².